The highest BCUT2D eigenvalue weighted by Crippen LogP contribution is 2.41. The molecular formula is C15H24O3. The minimum Gasteiger partial charge on any atom is -0.462 e. The van der Waals surface area contributed by atoms with E-state index < -0.39 is 0 Å². The Hall–Kier alpha value is -1.12. The van der Waals surface area contributed by atoms with Crippen molar-refractivity contribution in [1.29, 1.82) is 0 Å². The summed E-state index contributed by atoms with van der Waals surface area (Å²) in [5, 5.41) is 0. The normalized spacial score (nSPS) is 24.1. The number of carbonyl (C=O) groups excluding carboxylic acids is 2. The summed E-state index contributed by atoms with van der Waals surface area (Å²) in [5.74, 6) is -0.183. The highest BCUT2D eigenvalue weighted by molar-refractivity contribution is 5.85. The van der Waals surface area contributed by atoms with Gasteiger partial charge in [0.1, 0.15) is 11.9 Å². The first-order valence-corrected chi connectivity index (χ1v) is 6.60. The van der Waals surface area contributed by atoms with Crippen molar-refractivity contribution in [3.8, 4) is 0 Å². The maximum absolute atomic E-state index is 12.4. The summed E-state index contributed by atoms with van der Waals surface area (Å²) >= 11 is 0. The number of hydrogen-bond acceptors (Lipinski definition) is 3. The summed E-state index contributed by atoms with van der Waals surface area (Å²) in [7, 11) is 0. The molecule has 18 heavy (non-hydrogen) atoms. The van der Waals surface area contributed by atoms with E-state index in [1.807, 2.05) is 6.92 Å². The third-order valence-corrected chi connectivity index (χ3v) is 3.67. The van der Waals surface area contributed by atoms with Crippen molar-refractivity contribution in [3.63, 3.8) is 0 Å². The van der Waals surface area contributed by atoms with Gasteiger partial charge in [0.15, 0.2) is 0 Å². The summed E-state index contributed by atoms with van der Waals surface area (Å²) in [5.41, 5.74) is 1.16. The van der Waals surface area contributed by atoms with Crippen molar-refractivity contribution in [3.05, 3.63) is 11.6 Å². The van der Waals surface area contributed by atoms with Gasteiger partial charge < -0.3 is 4.74 Å². The molecule has 0 fully saturated rings. The van der Waals surface area contributed by atoms with E-state index in [1.165, 1.54) is 6.92 Å². The molecule has 2 unspecified atom stereocenters. The SMILES string of the molecule is CC(=O)OC(C)CC(=O)C1C(C)=CCCC1(C)C. The van der Waals surface area contributed by atoms with Gasteiger partial charge in [0, 0.05) is 19.3 Å². The maximum atomic E-state index is 12.4. The van der Waals surface area contributed by atoms with Crippen molar-refractivity contribution in [2.24, 2.45) is 11.3 Å². The second-order valence-corrected chi connectivity index (χ2v) is 6.00. The lowest BCUT2D eigenvalue weighted by molar-refractivity contribution is -0.147. The van der Waals surface area contributed by atoms with Crippen LogP contribution >= 0.6 is 0 Å². The van der Waals surface area contributed by atoms with Gasteiger partial charge in [-0.2, -0.15) is 0 Å². The van der Waals surface area contributed by atoms with Gasteiger partial charge in [0.2, 0.25) is 0 Å². The molecule has 1 aliphatic rings. The number of esters is 1. The third-order valence-electron chi connectivity index (χ3n) is 3.67. The van der Waals surface area contributed by atoms with Crippen LogP contribution in [0.4, 0.5) is 0 Å². The molecule has 0 aromatic heterocycles. The lowest BCUT2D eigenvalue weighted by atomic mass is 9.66. The number of ketones is 1. The fourth-order valence-electron chi connectivity index (χ4n) is 2.97. The predicted octanol–water partition coefficient (Wildman–Crippen LogP) is 3.28. The van der Waals surface area contributed by atoms with Gasteiger partial charge in [-0.05, 0) is 32.1 Å². The Morgan fingerprint density at radius 1 is 1.50 bits per heavy atom. The molecule has 0 aromatic carbocycles. The van der Waals surface area contributed by atoms with Crippen LogP contribution in [0, 0.1) is 11.3 Å². The monoisotopic (exact) mass is 252 g/mol. The Kier molecular flexibility index (Phi) is 4.71. The first kappa shape index (κ1) is 14.9. The van der Waals surface area contributed by atoms with E-state index in [0.29, 0.717) is 6.42 Å². The molecule has 0 heterocycles. The highest BCUT2D eigenvalue weighted by Gasteiger charge is 2.38. The van der Waals surface area contributed by atoms with Gasteiger partial charge in [0.25, 0.3) is 0 Å². The van der Waals surface area contributed by atoms with Gasteiger partial charge in [-0.15, -0.1) is 0 Å². The fraction of sp³-hybridized carbons (Fsp3) is 0.733. The van der Waals surface area contributed by atoms with Gasteiger partial charge in [-0.25, -0.2) is 0 Å². The highest BCUT2D eigenvalue weighted by atomic mass is 16.5. The van der Waals surface area contributed by atoms with Crippen LogP contribution in [0.3, 0.4) is 0 Å². The Balaban J connectivity index is 2.73. The van der Waals surface area contributed by atoms with Gasteiger partial charge in [-0.3, -0.25) is 9.59 Å². The van der Waals surface area contributed by atoms with E-state index in [1.54, 1.807) is 6.92 Å². The summed E-state index contributed by atoms with van der Waals surface area (Å²) in [4.78, 5) is 23.2. The minimum absolute atomic E-state index is 0.00581. The van der Waals surface area contributed by atoms with E-state index in [9.17, 15) is 9.59 Å². The summed E-state index contributed by atoms with van der Waals surface area (Å²) < 4.78 is 5.04. The molecule has 1 rings (SSSR count). The molecular weight excluding hydrogens is 228 g/mol. The zero-order valence-electron chi connectivity index (χ0n) is 12.1. The standard InChI is InChI=1S/C15H24O3/c1-10-7-6-8-15(4,5)14(10)13(17)9-11(2)18-12(3)16/h7,11,14H,6,8-9H2,1-5H3. The number of hydrogen-bond donors (Lipinski definition) is 0. The maximum Gasteiger partial charge on any atom is 0.302 e. The number of carbonyl (C=O) groups is 2. The molecule has 0 N–H and O–H groups in total. The van der Waals surface area contributed by atoms with Crippen LogP contribution in [0.25, 0.3) is 0 Å². The van der Waals surface area contributed by atoms with Crippen molar-refractivity contribution in [2.75, 3.05) is 0 Å². The van der Waals surface area contributed by atoms with Crippen LogP contribution in [0.15, 0.2) is 11.6 Å². The molecule has 0 amide bonds. The van der Waals surface area contributed by atoms with Crippen LogP contribution in [-0.2, 0) is 14.3 Å². The Morgan fingerprint density at radius 3 is 2.61 bits per heavy atom. The minimum atomic E-state index is -0.333. The van der Waals surface area contributed by atoms with Crippen LogP contribution in [-0.4, -0.2) is 17.9 Å². The molecule has 1 aliphatic carbocycles. The predicted molar refractivity (Wildman–Crippen MR) is 71.1 cm³/mol. The molecule has 0 radical (unpaired) electrons. The van der Waals surface area contributed by atoms with E-state index in [2.05, 4.69) is 19.9 Å². The molecule has 2 atom stereocenters. The van der Waals surface area contributed by atoms with Crippen LogP contribution in [0.5, 0.6) is 0 Å². The molecule has 0 saturated heterocycles. The fourth-order valence-corrected chi connectivity index (χ4v) is 2.97. The van der Waals surface area contributed by atoms with Gasteiger partial charge in [-0.1, -0.05) is 25.5 Å². The van der Waals surface area contributed by atoms with E-state index in [0.717, 1.165) is 18.4 Å². The number of ether oxygens (including phenoxy) is 1. The lowest BCUT2D eigenvalue weighted by Gasteiger charge is -2.37. The van der Waals surface area contributed by atoms with E-state index >= 15 is 0 Å². The molecule has 0 bridgehead atoms. The lowest BCUT2D eigenvalue weighted by Crippen LogP contribution is -2.36. The number of rotatable bonds is 4. The average Bonchev–Trinajstić information content (AvgIpc) is 2.13. The van der Waals surface area contributed by atoms with Gasteiger partial charge in [0.05, 0.1) is 0 Å². The smallest absolute Gasteiger partial charge is 0.302 e. The zero-order valence-corrected chi connectivity index (χ0v) is 12.1. The summed E-state index contributed by atoms with van der Waals surface area (Å²) in [6.07, 6.45) is 4.20. The summed E-state index contributed by atoms with van der Waals surface area (Å²) in [6.45, 7) is 9.45. The largest absolute Gasteiger partial charge is 0.462 e. The molecule has 0 spiro atoms. The van der Waals surface area contributed by atoms with Crippen LogP contribution < -0.4 is 0 Å². The topological polar surface area (TPSA) is 43.4 Å². The van der Waals surface area contributed by atoms with E-state index in [-0.39, 0.29) is 29.2 Å². The molecule has 3 heteroatoms. The van der Waals surface area contributed by atoms with Crippen molar-refractivity contribution >= 4 is 11.8 Å². The summed E-state index contributed by atoms with van der Waals surface area (Å²) in [6, 6.07) is 0. The second kappa shape index (κ2) is 5.68. The molecule has 0 saturated carbocycles. The molecule has 3 nitrogen and oxygen atoms in total. The van der Waals surface area contributed by atoms with Crippen LogP contribution in [0.1, 0.15) is 53.9 Å². The average molecular weight is 252 g/mol. The first-order valence-electron chi connectivity index (χ1n) is 6.60. The Bertz CT molecular complexity index is 366. The van der Waals surface area contributed by atoms with E-state index in [4.69, 9.17) is 4.74 Å². The number of allylic oxidation sites excluding steroid dienone is 2. The van der Waals surface area contributed by atoms with Crippen molar-refractivity contribution in [1.82, 2.24) is 0 Å². The quantitative estimate of drug-likeness (QED) is 0.569. The molecule has 0 aliphatic heterocycles. The second-order valence-electron chi connectivity index (χ2n) is 6.00. The van der Waals surface area contributed by atoms with Crippen molar-refractivity contribution in [2.45, 2.75) is 60.0 Å². The van der Waals surface area contributed by atoms with Crippen LogP contribution in [0.2, 0.25) is 0 Å². The third kappa shape index (κ3) is 3.69. The molecule has 102 valence electrons. The first-order chi connectivity index (χ1) is 8.24. The Morgan fingerprint density at radius 2 is 2.11 bits per heavy atom. The zero-order chi connectivity index (χ0) is 13.9. The Labute approximate surface area is 110 Å². The number of Topliss-reactive ketones (excluding diaryl/α,β-unsaturated/α-hetero) is 1. The molecule has 0 aromatic rings. The van der Waals surface area contributed by atoms with Gasteiger partial charge >= 0.3 is 5.97 Å². The van der Waals surface area contributed by atoms with Crippen molar-refractivity contribution < 1.29 is 14.3 Å².